The van der Waals surface area contributed by atoms with Crippen LogP contribution in [-0.2, 0) is 0 Å². The SMILES string of the molecule is CNc1sc(-c2ccc(-c3ccc(-c4ccc(-c5ccc(Br)s5)s4)s3)s2)c(O)c1O. The fourth-order valence-corrected chi connectivity index (χ4v) is 8.72. The van der Waals surface area contributed by atoms with Crippen molar-refractivity contribution >= 4 is 77.6 Å². The highest BCUT2D eigenvalue weighted by atomic mass is 79.9. The maximum Gasteiger partial charge on any atom is 0.193 e. The summed E-state index contributed by atoms with van der Waals surface area (Å²) >= 11 is 11.8. The molecule has 0 saturated heterocycles. The minimum Gasteiger partial charge on any atom is -0.503 e. The average Bonchev–Trinajstić information content (AvgIpc) is 3.54. The van der Waals surface area contributed by atoms with Crippen LogP contribution in [0, 0.1) is 0 Å². The molecule has 0 atom stereocenters. The molecule has 0 aromatic carbocycles. The summed E-state index contributed by atoms with van der Waals surface area (Å²) in [6.45, 7) is 0. The molecule has 0 spiro atoms. The Morgan fingerprint density at radius 3 is 1.47 bits per heavy atom. The Hall–Kier alpha value is -1.62. The van der Waals surface area contributed by atoms with Gasteiger partial charge in [-0.15, -0.1) is 56.7 Å². The third-order valence-corrected chi connectivity index (χ3v) is 11.3. The number of anilines is 1. The van der Waals surface area contributed by atoms with Gasteiger partial charge >= 0.3 is 0 Å². The molecule has 5 aromatic heterocycles. The van der Waals surface area contributed by atoms with E-state index in [9.17, 15) is 10.2 Å². The van der Waals surface area contributed by atoms with Gasteiger partial charge in [0.1, 0.15) is 5.00 Å². The summed E-state index contributed by atoms with van der Waals surface area (Å²) in [5, 5.41) is 23.8. The molecule has 9 heteroatoms. The smallest absolute Gasteiger partial charge is 0.193 e. The molecule has 0 aliphatic rings. The molecule has 0 unspecified atom stereocenters. The second-order valence-electron chi connectivity index (χ2n) is 6.30. The molecule has 152 valence electrons. The van der Waals surface area contributed by atoms with E-state index in [4.69, 9.17) is 0 Å². The Kier molecular flexibility index (Phi) is 5.51. The molecular formula is C21H14BrNO2S5. The number of nitrogens with one attached hydrogen (secondary N) is 1. The molecule has 30 heavy (non-hydrogen) atoms. The van der Waals surface area contributed by atoms with Gasteiger partial charge in [-0.3, -0.25) is 0 Å². The van der Waals surface area contributed by atoms with Crippen molar-refractivity contribution in [2.24, 2.45) is 0 Å². The zero-order valence-corrected chi connectivity index (χ0v) is 21.1. The number of aromatic hydroxyl groups is 2. The molecule has 3 nitrogen and oxygen atoms in total. The van der Waals surface area contributed by atoms with Crippen LogP contribution in [0.2, 0.25) is 0 Å². The first-order valence-corrected chi connectivity index (χ1v) is 13.7. The van der Waals surface area contributed by atoms with Gasteiger partial charge in [-0.1, -0.05) is 0 Å². The number of halogens is 1. The highest BCUT2D eigenvalue weighted by Crippen LogP contribution is 2.52. The van der Waals surface area contributed by atoms with E-state index >= 15 is 0 Å². The normalized spacial score (nSPS) is 11.3. The monoisotopic (exact) mass is 551 g/mol. The first-order chi connectivity index (χ1) is 14.5. The summed E-state index contributed by atoms with van der Waals surface area (Å²) < 4.78 is 1.14. The molecule has 0 bridgehead atoms. The third kappa shape index (κ3) is 3.63. The molecule has 0 amide bonds. The van der Waals surface area contributed by atoms with Crippen molar-refractivity contribution in [1.82, 2.24) is 0 Å². The van der Waals surface area contributed by atoms with Crippen LogP contribution in [0.5, 0.6) is 11.5 Å². The van der Waals surface area contributed by atoms with Crippen molar-refractivity contribution in [3.8, 4) is 50.5 Å². The molecule has 0 aliphatic carbocycles. The first kappa shape index (κ1) is 20.3. The van der Waals surface area contributed by atoms with Crippen LogP contribution < -0.4 is 5.32 Å². The van der Waals surface area contributed by atoms with Gasteiger partial charge in [0.2, 0.25) is 0 Å². The van der Waals surface area contributed by atoms with E-state index in [-0.39, 0.29) is 11.5 Å². The second kappa shape index (κ2) is 8.14. The summed E-state index contributed by atoms with van der Waals surface area (Å²) in [4.78, 5) is 9.06. The Balaban J connectivity index is 1.42. The Morgan fingerprint density at radius 1 is 0.600 bits per heavy atom. The van der Waals surface area contributed by atoms with Gasteiger partial charge in [0, 0.05) is 41.2 Å². The summed E-state index contributed by atoms with van der Waals surface area (Å²) in [7, 11) is 1.73. The predicted molar refractivity (Wildman–Crippen MR) is 138 cm³/mol. The number of hydrogen-bond acceptors (Lipinski definition) is 8. The third-order valence-electron chi connectivity index (χ3n) is 4.43. The van der Waals surface area contributed by atoms with Crippen LogP contribution in [0.15, 0.2) is 52.3 Å². The van der Waals surface area contributed by atoms with E-state index < -0.39 is 0 Å². The highest BCUT2D eigenvalue weighted by molar-refractivity contribution is 9.11. The highest BCUT2D eigenvalue weighted by Gasteiger charge is 2.19. The van der Waals surface area contributed by atoms with Crippen molar-refractivity contribution in [1.29, 1.82) is 0 Å². The summed E-state index contributed by atoms with van der Waals surface area (Å²) in [5.41, 5.74) is 0. The van der Waals surface area contributed by atoms with Crippen LogP contribution in [0.25, 0.3) is 39.0 Å². The van der Waals surface area contributed by atoms with Crippen molar-refractivity contribution in [3.63, 3.8) is 0 Å². The van der Waals surface area contributed by atoms with Crippen LogP contribution in [-0.4, -0.2) is 17.3 Å². The fourth-order valence-electron chi connectivity index (χ4n) is 2.99. The molecular weight excluding hydrogens is 538 g/mol. The van der Waals surface area contributed by atoms with Gasteiger partial charge < -0.3 is 15.5 Å². The van der Waals surface area contributed by atoms with Crippen LogP contribution in [0.3, 0.4) is 0 Å². The molecule has 0 fully saturated rings. The molecule has 0 aliphatic heterocycles. The van der Waals surface area contributed by atoms with Gasteiger partial charge in [0.05, 0.1) is 8.66 Å². The zero-order valence-electron chi connectivity index (χ0n) is 15.4. The lowest BCUT2D eigenvalue weighted by molar-refractivity contribution is 0.410. The van der Waals surface area contributed by atoms with Gasteiger partial charge in [-0.25, -0.2) is 0 Å². The van der Waals surface area contributed by atoms with Crippen molar-refractivity contribution in [2.45, 2.75) is 0 Å². The number of rotatable bonds is 5. The van der Waals surface area contributed by atoms with Gasteiger partial charge in [-0.2, -0.15) is 0 Å². The fraction of sp³-hybridized carbons (Fsp3) is 0.0476. The van der Waals surface area contributed by atoms with E-state index in [1.165, 1.54) is 35.7 Å². The van der Waals surface area contributed by atoms with Crippen molar-refractivity contribution < 1.29 is 10.2 Å². The van der Waals surface area contributed by atoms with E-state index in [0.29, 0.717) is 9.88 Å². The largest absolute Gasteiger partial charge is 0.503 e. The van der Waals surface area contributed by atoms with Crippen LogP contribution in [0.1, 0.15) is 0 Å². The quantitative estimate of drug-likeness (QED) is 0.204. The van der Waals surface area contributed by atoms with E-state index in [1.807, 2.05) is 17.4 Å². The maximum absolute atomic E-state index is 10.3. The van der Waals surface area contributed by atoms with E-state index in [0.717, 1.165) is 13.5 Å². The Labute approximate surface area is 201 Å². The maximum atomic E-state index is 10.3. The zero-order chi connectivity index (χ0) is 20.8. The lowest BCUT2D eigenvalue weighted by atomic mass is 10.3. The van der Waals surface area contributed by atoms with Gasteiger partial charge in [-0.05, 0) is 64.5 Å². The predicted octanol–water partition coefficient (Wildman–Crippen LogP) is 8.88. The average molecular weight is 553 g/mol. The molecule has 5 rings (SSSR count). The topological polar surface area (TPSA) is 52.5 Å². The number of thiophene rings is 5. The first-order valence-electron chi connectivity index (χ1n) is 8.82. The van der Waals surface area contributed by atoms with Crippen LogP contribution >= 0.6 is 72.6 Å². The van der Waals surface area contributed by atoms with E-state index in [2.05, 4.69) is 63.7 Å². The standard InChI is InChI=1S/C21H14BrNO2S5/c1-23-21-19(25)18(24)20(30-21)16-7-6-13(28-16)12-3-2-10(26-12)11-4-5-14(27-11)15-8-9-17(22)29-15/h2-9,23-25H,1H3. The second-order valence-corrected chi connectivity index (χ2v) is 13.0. The summed E-state index contributed by atoms with van der Waals surface area (Å²) in [6.07, 6.45) is 0. The lowest BCUT2D eigenvalue weighted by Gasteiger charge is -1.94. The minimum absolute atomic E-state index is 0.0593. The number of hydrogen-bond donors (Lipinski definition) is 3. The van der Waals surface area contributed by atoms with Gasteiger partial charge in [0.15, 0.2) is 11.5 Å². The minimum atomic E-state index is -0.0860. The molecule has 5 heterocycles. The molecule has 5 aromatic rings. The van der Waals surface area contributed by atoms with Crippen LogP contribution in [0.4, 0.5) is 5.00 Å². The molecule has 3 N–H and O–H groups in total. The summed E-state index contributed by atoms with van der Waals surface area (Å²) in [5.74, 6) is -0.145. The Morgan fingerprint density at radius 2 is 1.03 bits per heavy atom. The van der Waals surface area contributed by atoms with E-state index in [1.54, 1.807) is 41.1 Å². The Bertz CT molecular complexity index is 1340. The molecule has 0 saturated carbocycles. The lowest BCUT2D eigenvalue weighted by Crippen LogP contribution is -1.81. The van der Waals surface area contributed by atoms with Crippen molar-refractivity contribution in [2.75, 3.05) is 12.4 Å². The van der Waals surface area contributed by atoms with Gasteiger partial charge in [0.25, 0.3) is 0 Å². The summed E-state index contributed by atoms with van der Waals surface area (Å²) in [6, 6.07) is 17.0. The molecule has 0 radical (unpaired) electrons. The van der Waals surface area contributed by atoms with Crippen molar-refractivity contribution in [3.05, 3.63) is 52.3 Å².